The summed E-state index contributed by atoms with van der Waals surface area (Å²) in [5.74, 6) is -0.282. The SMILES string of the molecule is CC.CC.C[CH-]C(=O)OC.Cc1ccccc1.[CH3-].[W+2]. The third kappa shape index (κ3) is 31.7. The second-order valence-electron chi connectivity index (χ2n) is 2.47. The van der Waals surface area contributed by atoms with Gasteiger partial charge in [0, 0.05) is 0 Å². The molecule has 0 radical (unpaired) electrons. The number of rotatable bonds is 1. The Hall–Kier alpha value is -0.752. The smallest absolute Gasteiger partial charge is 0.491 e. The van der Waals surface area contributed by atoms with Gasteiger partial charge in [0.25, 0.3) is 0 Å². The van der Waals surface area contributed by atoms with Crippen LogP contribution in [-0.2, 0) is 30.6 Å². The maximum absolute atomic E-state index is 9.90. The Kier molecular flexibility index (Phi) is 49.4. The van der Waals surface area contributed by atoms with Crippen molar-refractivity contribution in [2.45, 2.75) is 41.5 Å². The van der Waals surface area contributed by atoms with Gasteiger partial charge in [0.05, 0.1) is 7.11 Å². The van der Waals surface area contributed by atoms with E-state index in [4.69, 9.17) is 0 Å². The fourth-order valence-corrected chi connectivity index (χ4v) is 0.652. The van der Waals surface area contributed by atoms with E-state index in [1.807, 2.05) is 45.9 Å². The largest absolute Gasteiger partial charge is 2.00 e. The zero-order chi connectivity index (χ0) is 14.1. The molecule has 0 saturated carbocycles. The predicted molar refractivity (Wildman–Crippen MR) is 82.3 cm³/mol. The summed E-state index contributed by atoms with van der Waals surface area (Å²) in [7, 11) is 1.35. The van der Waals surface area contributed by atoms with Gasteiger partial charge in [0.1, 0.15) is 0 Å². The first-order valence-corrected chi connectivity index (χ1v) is 6.09. The van der Waals surface area contributed by atoms with Crippen molar-refractivity contribution in [3.8, 4) is 0 Å². The molecular formula is C16H30O2W. The van der Waals surface area contributed by atoms with Crippen molar-refractivity contribution >= 4 is 5.97 Å². The number of aryl methyl sites for hydroxylation is 1. The second-order valence-corrected chi connectivity index (χ2v) is 2.47. The van der Waals surface area contributed by atoms with E-state index in [2.05, 4.69) is 23.8 Å². The van der Waals surface area contributed by atoms with Gasteiger partial charge >= 0.3 is 21.1 Å². The molecule has 3 heteroatoms. The summed E-state index contributed by atoms with van der Waals surface area (Å²) < 4.78 is 4.20. The number of benzene rings is 1. The molecule has 1 rings (SSSR count). The molecule has 0 fully saturated rings. The number of ether oxygens (including phenoxy) is 1. The fourth-order valence-electron chi connectivity index (χ4n) is 0.652. The van der Waals surface area contributed by atoms with E-state index in [9.17, 15) is 4.79 Å². The minimum atomic E-state index is -0.282. The van der Waals surface area contributed by atoms with Crippen molar-refractivity contribution in [2.24, 2.45) is 0 Å². The van der Waals surface area contributed by atoms with Gasteiger partial charge in [0.15, 0.2) is 5.97 Å². The van der Waals surface area contributed by atoms with Crippen LogP contribution >= 0.6 is 0 Å². The van der Waals surface area contributed by atoms with Gasteiger partial charge in [0.2, 0.25) is 0 Å². The third-order valence-electron chi connectivity index (χ3n) is 1.38. The van der Waals surface area contributed by atoms with Crippen molar-refractivity contribution in [1.29, 1.82) is 0 Å². The summed E-state index contributed by atoms with van der Waals surface area (Å²) in [4.78, 5) is 9.90. The summed E-state index contributed by atoms with van der Waals surface area (Å²) in [5.41, 5.74) is 1.32. The Bertz CT molecular complexity index is 230. The molecular weight excluding hydrogens is 408 g/mol. The van der Waals surface area contributed by atoms with Crippen molar-refractivity contribution in [3.63, 3.8) is 0 Å². The molecule has 1 aromatic carbocycles. The average molecular weight is 438 g/mol. The summed E-state index contributed by atoms with van der Waals surface area (Å²) in [6, 6.07) is 10.3. The van der Waals surface area contributed by atoms with Gasteiger partial charge in [-0.2, -0.15) is 6.92 Å². The average Bonchev–Trinajstić information content (AvgIpc) is 2.44. The first-order chi connectivity index (χ1) is 8.20. The monoisotopic (exact) mass is 438 g/mol. The zero-order valence-electron chi connectivity index (χ0n) is 13.7. The minimum Gasteiger partial charge on any atom is -0.491 e. The molecule has 0 unspecified atom stereocenters. The van der Waals surface area contributed by atoms with E-state index in [0.717, 1.165) is 0 Å². The van der Waals surface area contributed by atoms with Crippen LogP contribution in [0.25, 0.3) is 0 Å². The van der Waals surface area contributed by atoms with E-state index in [1.54, 1.807) is 6.92 Å². The Labute approximate surface area is 135 Å². The summed E-state index contributed by atoms with van der Waals surface area (Å²) in [6.45, 7) is 11.7. The Morgan fingerprint density at radius 2 is 1.42 bits per heavy atom. The molecule has 0 amide bonds. The number of hydrogen-bond donors (Lipinski definition) is 0. The van der Waals surface area contributed by atoms with E-state index in [-0.39, 0.29) is 34.5 Å². The number of carbonyl (C=O) groups is 1. The van der Waals surface area contributed by atoms with Crippen LogP contribution in [0.4, 0.5) is 0 Å². The van der Waals surface area contributed by atoms with E-state index >= 15 is 0 Å². The molecule has 0 aliphatic heterocycles. The van der Waals surface area contributed by atoms with E-state index < -0.39 is 0 Å². The Morgan fingerprint density at radius 1 is 1.05 bits per heavy atom. The van der Waals surface area contributed by atoms with Crippen LogP contribution in [0.3, 0.4) is 0 Å². The Morgan fingerprint density at radius 3 is 1.53 bits per heavy atom. The molecule has 0 N–H and O–H groups in total. The zero-order valence-corrected chi connectivity index (χ0v) is 16.6. The normalized spacial score (nSPS) is 6.05. The molecule has 1 aromatic rings. The van der Waals surface area contributed by atoms with Crippen LogP contribution in [0.1, 0.15) is 40.2 Å². The van der Waals surface area contributed by atoms with Crippen LogP contribution in [0.15, 0.2) is 30.3 Å². The molecule has 112 valence electrons. The van der Waals surface area contributed by atoms with Gasteiger partial charge in [-0.3, -0.25) is 11.2 Å². The number of esters is 1. The third-order valence-corrected chi connectivity index (χ3v) is 1.38. The first kappa shape index (κ1) is 30.9. The summed E-state index contributed by atoms with van der Waals surface area (Å²) >= 11 is 0. The van der Waals surface area contributed by atoms with Gasteiger partial charge in [-0.05, 0) is 6.92 Å². The second kappa shape index (κ2) is 30.4. The molecule has 0 aromatic heterocycles. The van der Waals surface area contributed by atoms with Crippen LogP contribution < -0.4 is 0 Å². The van der Waals surface area contributed by atoms with Gasteiger partial charge < -0.3 is 12.2 Å². The topological polar surface area (TPSA) is 26.3 Å². The molecule has 0 heterocycles. The van der Waals surface area contributed by atoms with Gasteiger partial charge in [-0.15, -0.1) is 0 Å². The number of hydrogen-bond acceptors (Lipinski definition) is 2. The van der Waals surface area contributed by atoms with Crippen molar-refractivity contribution in [2.75, 3.05) is 7.11 Å². The number of carbonyl (C=O) groups excluding carboxylic acids is 1. The van der Waals surface area contributed by atoms with Crippen molar-refractivity contribution in [3.05, 3.63) is 49.7 Å². The molecule has 0 aliphatic rings. The molecule has 0 atom stereocenters. The van der Waals surface area contributed by atoms with Crippen molar-refractivity contribution < 1.29 is 30.6 Å². The fraction of sp³-hybridized carbons (Fsp3) is 0.438. The van der Waals surface area contributed by atoms with E-state index in [1.165, 1.54) is 19.1 Å². The van der Waals surface area contributed by atoms with E-state index in [0.29, 0.717) is 0 Å². The predicted octanol–water partition coefficient (Wildman–Crippen LogP) is 4.88. The molecule has 19 heavy (non-hydrogen) atoms. The van der Waals surface area contributed by atoms with Crippen LogP contribution in [-0.4, -0.2) is 13.1 Å². The van der Waals surface area contributed by atoms with Crippen LogP contribution in [0.2, 0.25) is 0 Å². The van der Waals surface area contributed by atoms with Gasteiger partial charge in [-0.25, -0.2) is 0 Å². The standard InChI is InChI=1S/C7H8.C4H7O2.2C2H6.CH3.W/c1-7-5-3-2-4-6-7;1-3-4(5)6-2;2*1-2;;/h2-6H,1H3;3H,1-2H3;2*1-2H3;1H3;/q;-1;;;-1;+2. The summed E-state index contributed by atoms with van der Waals surface area (Å²) in [6.07, 6.45) is 1.36. The van der Waals surface area contributed by atoms with Crippen molar-refractivity contribution in [1.82, 2.24) is 0 Å². The molecule has 2 nitrogen and oxygen atoms in total. The maximum atomic E-state index is 9.90. The summed E-state index contributed by atoms with van der Waals surface area (Å²) in [5, 5.41) is 0. The number of methoxy groups -OCH3 is 1. The maximum Gasteiger partial charge on any atom is 2.00 e. The van der Waals surface area contributed by atoms with Crippen LogP contribution in [0.5, 0.6) is 0 Å². The molecule has 0 saturated heterocycles. The molecule has 0 aliphatic carbocycles. The van der Waals surface area contributed by atoms with Crippen LogP contribution in [0, 0.1) is 20.8 Å². The Balaban J connectivity index is -0.0000000507. The quantitative estimate of drug-likeness (QED) is 0.462. The minimum absolute atomic E-state index is 0. The molecule has 0 spiro atoms. The first-order valence-electron chi connectivity index (χ1n) is 6.09. The van der Waals surface area contributed by atoms with Gasteiger partial charge in [-0.1, -0.05) is 63.6 Å². The molecule has 0 bridgehead atoms.